The average molecular weight is 248 g/mol. The van der Waals surface area contributed by atoms with E-state index in [0.29, 0.717) is 17.2 Å². The molecule has 0 bridgehead atoms. The highest BCUT2D eigenvalue weighted by Gasteiger charge is 2.20. The topological polar surface area (TPSA) is 67.4 Å². The van der Waals surface area contributed by atoms with Crippen LogP contribution in [0.25, 0.3) is 5.95 Å². The standard InChI is InChI=1S/C11H10ClN5/c1-7(2)9-8(6-13)10(12)17(16-9)11-14-4-3-5-15-11/h3-5,7H,1-2H3. The molecule has 2 aromatic rings. The number of halogens is 1. The first-order valence-electron chi connectivity index (χ1n) is 5.11. The minimum atomic E-state index is 0.118. The predicted octanol–water partition coefficient (Wildman–Crippen LogP) is 2.31. The Labute approximate surface area is 104 Å². The lowest BCUT2D eigenvalue weighted by Gasteiger charge is -1.99. The summed E-state index contributed by atoms with van der Waals surface area (Å²) in [6.07, 6.45) is 3.20. The molecule has 6 heteroatoms. The Hall–Kier alpha value is -1.93. The summed E-state index contributed by atoms with van der Waals surface area (Å²) < 4.78 is 1.38. The molecule has 17 heavy (non-hydrogen) atoms. The molecule has 0 aromatic carbocycles. The second kappa shape index (κ2) is 4.52. The molecule has 86 valence electrons. The zero-order valence-electron chi connectivity index (χ0n) is 9.42. The Morgan fingerprint density at radius 3 is 2.47 bits per heavy atom. The van der Waals surface area contributed by atoms with E-state index in [4.69, 9.17) is 16.9 Å². The minimum absolute atomic E-state index is 0.118. The zero-order valence-corrected chi connectivity index (χ0v) is 10.2. The maximum Gasteiger partial charge on any atom is 0.251 e. The van der Waals surface area contributed by atoms with Gasteiger partial charge in [0.2, 0.25) is 0 Å². The number of aromatic nitrogens is 4. The Balaban J connectivity index is 2.62. The molecule has 0 atom stereocenters. The highest BCUT2D eigenvalue weighted by atomic mass is 35.5. The molecule has 0 unspecified atom stereocenters. The van der Waals surface area contributed by atoms with Crippen molar-refractivity contribution in [3.8, 4) is 12.0 Å². The van der Waals surface area contributed by atoms with E-state index in [1.807, 2.05) is 13.8 Å². The van der Waals surface area contributed by atoms with E-state index in [9.17, 15) is 0 Å². The van der Waals surface area contributed by atoms with E-state index in [2.05, 4.69) is 21.1 Å². The first kappa shape index (κ1) is 11.6. The van der Waals surface area contributed by atoms with Crippen molar-refractivity contribution in [3.63, 3.8) is 0 Å². The van der Waals surface area contributed by atoms with Crippen molar-refractivity contribution < 1.29 is 0 Å². The number of rotatable bonds is 2. The van der Waals surface area contributed by atoms with Crippen LogP contribution < -0.4 is 0 Å². The largest absolute Gasteiger partial charge is 0.251 e. The highest BCUT2D eigenvalue weighted by Crippen LogP contribution is 2.26. The van der Waals surface area contributed by atoms with Crippen LogP contribution in [0.3, 0.4) is 0 Å². The van der Waals surface area contributed by atoms with Crippen LogP contribution in [-0.4, -0.2) is 19.7 Å². The zero-order chi connectivity index (χ0) is 12.4. The average Bonchev–Trinajstić information content (AvgIpc) is 2.67. The molecule has 0 radical (unpaired) electrons. The molecular formula is C11H10ClN5. The molecule has 2 rings (SSSR count). The monoisotopic (exact) mass is 247 g/mol. The first-order chi connectivity index (χ1) is 8.15. The molecular weight excluding hydrogens is 238 g/mol. The lowest BCUT2D eigenvalue weighted by molar-refractivity contribution is 0.742. The van der Waals surface area contributed by atoms with Crippen LogP contribution in [0.2, 0.25) is 5.15 Å². The second-order valence-electron chi connectivity index (χ2n) is 3.78. The van der Waals surface area contributed by atoms with Gasteiger partial charge in [0.25, 0.3) is 5.95 Å². The smallest absolute Gasteiger partial charge is 0.220 e. The van der Waals surface area contributed by atoms with Gasteiger partial charge in [0.1, 0.15) is 11.6 Å². The molecule has 5 nitrogen and oxygen atoms in total. The van der Waals surface area contributed by atoms with Crippen LogP contribution in [0.4, 0.5) is 0 Å². The van der Waals surface area contributed by atoms with Gasteiger partial charge in [-0.2, -0.15) is 15.0 Å². The summed E-state index contributed by atoms with van der Waals surface area (Å²) >= 11 is 6.11. The summed E-state index contributed by atoms with van der Waals surface area (Å²) in [7, 11) is 0. The Kier molecular flexibility index (Phi) is 3.07. The SMILES string of the molecule is CC(C)c1nn(-c2ncccn2)c(Cl)c1C#N. The molecule has 0 N–H and O–H groups in total. The minimum Gasteiger partial charge on any atom is -0.220 e. The van der Waals surface area contributed by atoms with Crippen molar-refractivity contribution >= 4 is 11.6 Å². The van der Waals surface area contributed by atoms with Gasteiger partial charge in [-0.1, -0.05) is 25.4 Å². The van der Waals surface area contributed by atoms with Gasteiger partial charge in [0.15, 0.2) is 5.15 Å². The van der Waals surface area contributed by atoms with Crippen LogP contribution in [0.1, 0.15) is 31.0 Å². The van der Waals surface area contributed by atoms with Gasteiger partial charge in [-0.05, 0) is 12.0 Å². The third kappa shape index (κ3) is 1.99. The maximum absolute atomic E-state index is 9.08. The van der Waals surface area contributed by atoms with Gasteiger partial charge in [-0.3, -0.25) is 0 Å². The molecule has 2 heterocycles. The van der Waals surface area contributed by atoms with Crippen molar-refractivity contribution in [1.29, 1.82) is 5.26 Å². The third-order valence-corrected chi connectivity index (χ3v) is 2.61. The number of nitrogens with zero attached hydrogens (tertiary/aromatic N) is 5. The molecule has 0 aliphatic heterocycles. The van der Waals surface area contributed by atoms with Gasteiger partial charge in [0, 0.05) is 12.4 Å². The molecule has 0 fully saturated rings. The Morgan fingerprint density at radius 1 is 1.35 bits per heavy atom. The fraction of sp³-hybridized carbons (Fsp3) is 0.273. The highest BCUT2D eigenvalue weighted by molar-refractivity contribution is 6.31. The fourth-order valence-corrected chi connectivity index (χ4v) is 1.71. The van der Waals surface area contributed by atoms with Gasteiger partial charge in [-0.25, -0.2) is 9.97 Å². The quantitative estimate of drug-likeness (QED) is 0.817. The molecule has 0 spiro atoms. The summed E-state index contributed by atoms with van der Waals surface area (Å²) in [5.41, 5.74) is 1.04. The van der Waals surface area contributed by atoms with E-state index in [-0.39, 0.29) is 11.1 Å². The van der Waals surface area contributed by atoms with Crippen LogP contribution in [0.5, 0.6) is 0 Å². The fourth-order valence-electron chi connectivity index (χ4n) is 1.45. The predicted molar refractivity (Wildman–Crippen MR) is 63.0 cm³/mol. The molecule has 0 saturated heterocycles. The van der Waals surface area contributed by atoms with Crippen molar-refractivity contribution in [2.75, 3.05) is 0 Å². The van der Waals surface area contributed by atoms with Gasteiger partial charge in [0.05, 0.1) is 5.69 Å². The van der Waals surface area contributed by atoms with E-state index in [0.717, 1.165) is 0 Å². The van der Waals surface area contributed by atoms with E-state index < -0.39 is 0 Å². The van der Waals surface area contributed by atoms with Crippen molar-refractivity contribution in [2.45, 2.75) is 19.8 Å². The number of hydrogen-bond acceptors (Lipinski definition) is 4. The summed E-state index contributed by atoms with van der Waals surface area (Å²) in [6.45, 7) is 3.91. The molecule has 0 amide bonds. The van der Waals surface area contributed by atoms with Crippen molar-refractivity contribution in [1.82, 2.24) is 19.7 Å². The van der Waals surface area contributed by atoms with Gasteiger partial charge >= 0.3 is 0 Å². The Morgan fingerprint density at radius 2 is 2.00 bits per heavy atom. The van der Waals surface area contributed by atoms with Gasteiger partial charge < -0.3 is 0 Å². The number of nitriles is 1. The molecule has 0 aliphatic rings. The van der Waals surface area contributed by atoms with Crippen LogP contribution >= 0.6 is 11.6 Å². The summed E-state index contributed by atoms with van der Waals surface area (Å²) in [5, 5.41) is 13.6. The van der Waals surface area contributed by atoms with Crippen molar-refractivity contribution in [2.24, 2.45) is 0 Å². The third-order valence-electron chi connectivity index (χ3n) is 2.26. The van der Waals surface area contributed by atoms with Crippen LogP contribution in [0, 0.1) is 11.3 Å². The van der Waals surface area contributed by atoms with Crippen LogP contribution in [-0.2, 0) is 0 Å². The van der Waals surface area contributed by atoms with Crippen molar-refractivity contribution in [3.05, 3.63) is 34.9 Å². The summed E-state index contributed by atoms with van der Waals surface area (Å²) in [5.74, 6) is 0.480. The second-order valence-corrected chi connectivity index (χ2v) is 4.14. The first-order valence-corrected chi connectivity index (χ1v) is 5.49. The Bertz CT molecular complexity index is 568. The lowest BCUT2D eigenvalue weighted by atomic mass is 10.1. The normalized spacial score (nSPS) is 10.5. The molecule has 0 aliphatic carbocycles. The molecule has 2 aromatic heterocycles. The van der Waals surface area contributed by atoms with E-state index >= 15 is 0 Å². The molecule has 0 saturated carbocycles. The lowest BCUT2D eigenvalue weighted by Crippen LogP contribution is -2.02. The van der Waals surface area contributed by atoms with Crippen LogP contribution in [0.15, 0.2) is 18.5 Å². The van der Waals surface area contributed by atoms with Gasteiger partial charge in [-0.15, -0.1) is 0 Å². The van der Waals surface area contributed by atoms with E-state index in [1.54, 1.807) is 18.5 Å². The summed E-state index contributed by atoms with van der Waals surface area (Å²) in [6, 6.07) is 3.77. The maximum atomic E-state index is 9.08. The van der Waals surface area contributed by atoms with E-state index in [1.165, 1.54) is 4.68 Å². The number of hydrogen-bond donors (Lipinski definition) is 0. The summed E-state index contributed by atoms with van der Waals surface area (Å²) in [4.78, 5) is 8.11.